The van der Waals surface area contributed by atoms with Crippen LogP contribution in [0.4, 0.5) is 0 Å². The fourth-order valence-electron chi connectivity index (χ4n) is 2.97. The van der Waals surface area contributed by atoms with Crippen LogP contribution in [0.2, 0.25) is 0 Å². The van der Waals surface area contributed by atoms with Gasteiger partial charge in [-0.15, -0.1) is 0 Å². The summed E-state index contributed by atoms with van der Waals surface area (Å²) in [6, 6.07) is 0. The monoisotopic (exact) mass is 274 g/mol. The van der Waals surface area contributed by atoms with Crippen molar-refractivity contribution in [3.05, 3.63) is 0 Å². The molecule has 0 aromatic carbocycles. The second-order valence-electron chi connectivity index (χ2n) is 5.87. The Labute approximate surface area is 115 Å². The molecule has 0 aromatic heterocycles. The summed E-state index contributed by atoms with van der Waals surface area (Å²) in [6.45, 7) is 6.93. The van der Waals surface area contributed by atoms with Crippen LogP contribution in [0.25, 0.3) is 0 Å². The zero-order valence-electron chi connectivity index (χ0n) is 13.0. The van der Waals surface area contributed by atoms with Crippen molar-refractivity contribution >= 4 is 13.5 Å². The zero-order chi connectivity index (χ0) is 13.7. The SMILES string of the molecule is CCCC[PH](CCCC)(CCCC)CCCC=O. The molecule has 0 atom stereocenters. The number of carbonyl (C=O) groups is 1. The van der Waals surface area contributed by atoms with Gasteiger partial charge in [0.15, 0.2) is 0 Å². The molecule has 1 nitrogen and oxygen atoms in total. The third kappa shape index (κ3) is 8.25. The van der Waals surface area contributed by atoms with Gasteiger partial charge in [-0.1, -0.05) is 0 Å². The zero-order valence-corrected chi connectivity index (χ0v) is 14.0. The minimum atomic E-state index is -1.05. The molecule has 0 rings (SSSR count). The molecule has 18 heavy (non-hydrogen) atoms. The van der Waals surface area contributed by atoms with Crippen LogP contribution >= 0.6 is 7.26 Å². The molecule has 0 bridgehead atoms. The van der Waals surface area contributed by atoms with E-state index in [1.165, 1.54) is 63.2 Å². The fraction of sp³-hybridized carbons (Fsp3) is 0.938. The molecule has 110 valence electrons. The van der Waals surface area contributed by atoms with E-state index >= 15 is 0 Å². The van der Waals surface area contributed by atoms with E-state index in [0.29, 0.717) is 0 Å². The molecular weight excluding hydrogens is 239 g/mol. The molecular formula is C16H35OP. The molecule has 0 unspecified atom stereocenters. The predicted octanol–water partition coefficient (Wildman–Crippen LogP) is 5.12. The van der Waals surface area contributed by atoms with Gasteiger partial charge in [-0.3, -0.25) is 0 Å². The number of unbranched alkanes of at least 4 members (excludes halogenated alkanes) is 4. The summed E-state index contributed by atoms with van der Waals surface area (Å²) < 4.78 is 0. The van der Waals surface area contributed by atoms with Crippen molar-refractivity contribution in [2.45, 2.75) is 72.1 Å². The van der Waals surface area contributed by atoms with Crippen molar-refractivity contribution in [3.8, 4) is 0 Å². The summed E-state index contributed by atoms with van der Waals surface area (Å²) in [5.41, 5.74) is 0. The van der Waals surface area contributed by atoms with Crippen LogP contribution in [-0.2, 0) is 4.79 Å². The Balaban J connectivity index is 4.45. The Morgan fingerprint density at radius 2 is 1.11 bits per heavy atom. The standard InChI is InChI=1S/C16H35OP/c1-4-7-13-18(14-8-5-2,15-9-6-3)16-11-10-12-17/h12,18H,4-11,13-16H2,1-3H3. The molecule has 0 saturated heterocycles. The molecule has 0 N–H and O–H groups in total. The van der Waals surface area contributed by atoms with E-state index in [2.05, 4.69) is 20.8 Å². The van der Waals surface area contributed by atoms with Crippen LogP contribution in [0, 0.1) is 0 Å². The fourth-order valence-corrected chi connectivity index (χ4v) is 8.73. The Bertz CT molecular complexity index is 170. The van der Waals surface area contributed by atoms with E-state index in [0.717, 1.165) is 19.1 Å². The summed E-state index contributed by atoms with van der Waals surface area (Å²) in [5, 5.41) is 0. The third-order valence-corrected chi connectivity index (χ3v) is 9.87. The van der Waals surface area contributed by atoms with E-state index in [4.69, 9.17) is 0 Å². The van der Waals surface area contributed by atoms with Crippen molar-refractivity contribution in [2.75, 3.05) is 24.6 Å². The number of carbonyl (C=O) groups excluding carboxylic acids is 1. The summed E-state index contributed by atoms with van der Waals surface area (Å²) >= 11 is 0. The first-order valence-corrected chi connectivity index (χ1v) is 11.0. The molecule has 0 aliphatic rings. The van der Waals surface area contributed by atoms with Crippen molar-refractivity contribution < 1.29 is 4.79 Å². The van der Waals surface area contributed by atoms with Gasteiger partial charge in [0, 0.05) is 0 Å². The first-order valence-electron chi connectivity index (χ1n) is 8.18. The van der Waals surface area contributed by atoms with E-state index in [1.807, 2.05) is 0 Å². The van der Waals surface area contributed by atoms with Gasteiger partial charge in [0.2, 0.25) is 0 Å². The molecule has 0 spiro atoms. The van der Waals surface area contributed by atoms with Gasteiger partial charge in [0.1, 0.15) is 0 Å². The van der Waals surface area contributed by atoms with Crippen molar-refractivity contribution in [1.29, 1.82) is 0 Å². The van der Waals surface area contributed by atoms with Crippen LogP contribution in [0.3, 0.4) is 0 Å². The average Bonchev–Trinajstić information content (AvgIpc) is 2.40. The summed E-state index contributed by atoms with van der Waals surface area (Å²) in [6.07, 6.45) is 17.3. The molecule has 0 saturated carbocycles. The molecule has 0 fully saturated rings. The van der Waals surface area contributed by atoms with E-state index in [1.54, 1.807) is 0 Å². The summed E-state index contributed by atoms with van der Waals surface area (Å²) in [7, 11) is -1.05. The summed E-state index contributed by atoms with van der Waals surface area (Å²) in [5.74, 6) is 0. The number of hydrogen-bond acceptors (Lipinski definition) is 1. The second kappa shape index (κ2) is 12.2. The van der Waals surface area contributed by atoms with E-state index in [9.17, 15) is 4.79 Å². The molecule has 0 aliphatic carbocycles. The van der Waals surface area contributed by atoms with Crippen molar-refractivity contribution in [2.24, 2.45) is 0 Å². The van der Waals surface area contributed by atoms with Gasteiger partial charge in [-0.25, -0.2) is 0 Å². The van der Waals surface area contributed by atoms with Gasteiger partial charge in [-0.05, 0) is 0 Å². The van der Waals surface area contributed by atoms with Crippen LogP contribution in [-0.4, -0.2) is 30.9 Å². The maximum absolute atomic E-state index is 10.5. The summed E-state index contributed by atoms with van der Waals surface area (Å²) in [4.78, 5) is 10.5. The Kier molecular flexibility index (Phi) is 12.2. The van der Waals surface area contributed by atoms with Crippen LogP contribution in [0.15, 0.2) is 0 Å². The van der Waals surface area contributed by atoms with Gasteiger partial charge < -0.3 is 0 Å². The molecule has 0 aromatic rings. The molecule has 0 aliphatic heterocycles. The first-order chi connectivity index (χ1) is 8.74. The first kappa shape index (κ1) is 18.1. The Morgan fingerprint density at radius 3 is 1.44 bits per heavy atom. The normalized spacial score (nSPS) is 12.6. The van der Waals surface area contributed by atoms with Gasteiger partial charge in [0.25, 0.3) is 0 Å². The topological polar surface area (TPSA) is 17.1 Å². The van der Waals surface area contributed by atoms with Crippen LogP contribution in [0.1, 0.15) is 72.1 Å². The number of aldehydes is 1. The Morgan fingerprint density at radius 1 is 0.722 bits per heavy atom. The Hall–Kier alpha value is 0.100. The molecule has 0 radical (unpaired) electrons. The molecule has 2 heteroatoms. The van der Waals surface area contributed by atoms with Crippen LogP contribution in [0.5, 0.6) is 0 Å². The van der Waals surface area contributed by atoms with E-state index < -0.39 is 7.26 Å². The number of rotatable bonds is 13. The van der Waals surface area contributed by atoms with Gasteiger partial charge >= 0.3 is 115 Å². The maximum atomic E-state index is 10.5. The van der Waals surface area contributed by atoms with Crippen molar-refractivity contribution in [1.82, 2.24) is 0 Å². The van der Waals surface area contributed by atoms with E-state index in [-0.39, 0.29) is 0 Å². The second-order valence-corrected chi connectivity index (χ2v) is 10.9. The third-order valence-electron chi connectivity index (χ3n) is 4.21. The average molecular weight is 274 g/mol. The van der Waals surface area contributed by atoms with Gasteiger partial charge in [-0.2, -0.15) is 0 Å². The van der Waals surface area contributed by atoms with Gasteiger partial charge in [0.05, 0.1) is 0 Å². The quantitative estimate of drug-likeness (QED) is 0.259. The van der Waals surface area contributed by atoms with Crippen LogP contribution < -0.4 is 0 Å². The number of hydrogen-bond donors (Lipinski definition) is 0. The minimum absolute atomic E-state index is 0.791. The molecule has 0 amide bonds. The molecule has 0 heterocycles. The van der Waals surface area contributed by atoms with Crippen molar-refractivity contribution in [3.63, 3.8) is 0 Å². The predicted molar refractivity (Wildman–Crippen MR) is 87.8 cm³/mol.